The summed E-state index contributed by atoms with van der Waals surface area (Å²) >= 11 is 4.67. The van der Waals surface area contributed by atoms with Crippen LogP contribution in [0.25, 0.3) is 6.08 Å². The lowest BCUT2D eigenvalue weighted by Crippen LogP contribution is -2.22. The number of hydrogen-bond acceptors (Lipinski definition) is 4. The lowest BCUT2D eigenvalue weighted by atomic mass is 9.96. The van der Waals surface area contributed by atoms with Crippen molar-refractivity contribution in [2.75, 3.05) is 0 Å². The summed E-state index contributed by atoms with van der Waals surface area (Å²) in [6.07, 6.45) is 7.79. The van der Waals surface area contributed by atoms with Crippen LogP contribution in [-0.4, -0.2) is 22.2 Å². The average molecular weight is 381 g/mol. The van der Waals surface area contributed by atoms with Gasteiger partial charge in [-0.2, -0.15) is 0 Å². The van der Waals surface area contributed by atoms with Gasteiger partial charge in [0.15, 0.2) is 5.17 Å². The normalized spacial score (nSPS) is 23.2. The Kier molecular flexibility index (Phi) is 4.88. The van der Waals surface area contributed by atoms with Gasteiger partial charge in [0.25, 0.3) is 5.91 Å². The zero-order valence-corrected chi connectivity index (χ0v) is 14.4. The Morgan fingerprint density at radius 3 is 2.82 bits per heavy atom. The SMILES string of the molecule is O=C1NC(=NC2CCCCC2)SC1=Cc1ccc(O)c(Br)c1. The molecule has 1 aliphatic carbocycles. The van der Waals surface area contributed by atoms with Gasteiger partial charge in [0.2, 0.25) is 0 Å². The predicted molar refractivity (Wildman–Crippen MR) is 93.8 cm³/mol. The summed E-state index contributed by atoms with van der Waals surface area (Å²) in [6, 6.07) is 5.51. The molecule has 2 N–H and O–H groups in total. The fraction of sp³-hybridized carbons (Fsp3) is 0.375. The largest absolute Gasteiger partial charge is 0.507 e. The number of carbonyl (C=O) groups is 1. The zero-order valence-electron chi connectivity index (χ0n) is 12.0. The van der Waals surface area contributed by atoms with E-state index in [-0.39, 0.29) is 11.7 Å². The highest BCUT2D eigenvalue weighted by Gasteiger charge is 2.25. The number of thioether (sulfide) groups is 1. The third-order valence-corrected chi connectivity index (χ3v) is 5.35. The average Bonchev–Trinajstić information content (AvgIpc) is 2.84. The number of benzene rings is 1. The highest BCUT2D eigenvalue weighted by atomic mass is 79.9. The zero-order chi connectivity index (χ0) is 15.5. The summed E-state index contributed by atoms with van der Waals surface area (Å²) in [5.41, 5.74) is 0.862. The second kappa shape index (κ2) is 6.87. The molecule has 0 radical (unpaired) electrons. The van der Waals surface area contributed by atoms with Crippen molar-refractivity contribution in [1.29, 1.82) is 0 Å². The number of halogens is 1. The maximum Gasteiger partial charge on any atom is 0.264 e. The van der Waals surface area contributed by atoms with Crippen molar-refractivity contribution in [2.45, 2.75) is 38.1 Å². The molecule has 0 spiro atoms. The summed E-state index contributed by atoms with van der Waals surface area (Å²) < 4.78 is 0.612. The van der Waals surface area contributed by atoms with Crippen molar-refractivity contribution in [2.24, 2.45) is 4.99 Å². The molecule has 1 aromatic rings. The first kappa shape index (κ1) is 15.6. The summed E-state index contributed by atoms with van der Waals surface area (Å²) in [6.45, 7) is 0. The molecule has 6 heteroatoms. The second-order valence-electron chi connectivity index (χ2n) is 5.50. The Morgan fingerprint density at radius 2 is 2.09 bits per heavy atom. The molecule has 0 aromatic heterocycles. The third-order valence-electron chi connectivity index (χ3n) is 3.79. The first-order valence-corrected chi connectivity index (χ1v) is 9.00. The number of nitrogens with one attached hydrogen (secondary N) is 1. The molecule has 2 fully saturated rings. The number of rotatable bonds is 2. The van der Waals surface area contributed by atoms with Crippen molar-refractivity contribution < 1.29 is 9.90 Å². The fourth-order valence-corrected chi connectivity index (χ4v) is 3.92. The highest BCUT2D eigenvalue weighted by molar-refractivity contribution is 9.10. The van der Waals surface area contributed by atoms with Gasteiger partial charge in [-0.1, -0.05) is 25.3 Å². The van der Waals surface area contributed by atoms with Crippen LogP contribution in [0.1, 0.15) is 37.7 Å². The van der Waals surface area contributed by atoms with Crippen LogP contribution >= 0.6 is 27.7 Å². The van der Waals surface area contributed by atoms with Crippen LogP contribution in [-0.2, 0) is 4.79 Å². The molecule has 0 atom stereocenters. The van der Waals surface area contributed by atoms with E-state index in [4.69, 9.17) is 0 Å². The Morgan fingerprint density at radius 1 is 1.32 bits per heavy atom. The Labute approximate surface area is 142 Å². The van der Waals surface area contributed by atoms with E-state index >= 15 is 0 Å². The Hall–Kier alpha value is -1.27. The lowest BCUT2D eigenvalue weighted by molar-refractivity contribution is -0.115. The number of carbonyl (C=O) groups excluding carboxylic acids is 1. The standard InChI is InChI=1S/C16H17BrN2O2S/c17-12-8-10(6-7-13(12)20)9-14-15(21)19-16(22-14)18-11-4-2-1-3-5-11/h6-9,11,20H,1-5H2,(H,18,19,21). The molecule has 1 saturated carbocycles. The smallest absolute Gasteiger partial charge is 0.264 e. The number of amides is 1. The number of phenols is 1. The number of amidine groups is 1. The van der Waals surface area contributed by atoms with Crippen LogP contribution in [0, 0.1) is 0 Å². The molecule has 0 unspecified atom stereocenters. The molecular weight excluding hydrogens is 364 g/mol. The van der Waals surface area contributed by atoms with Gasteiger partial charge in [-0.05, 0) is 64.3 Å². The van der Waals surface area contributed by atoms with E-state index in [1.807, 2.05) is 6.08 Å². The molecule has 1 amide bonds. The minimum atomic E-state index is -0.108. The number of aromatic hydroxyl groups is 1. The third kappa shape index (κ3) is 3.73. The van der Waals surface area contributed by atoms with Gasteiger partial charge in [-0.3, -0.25) is 9.79 Å². The molecule has 3 rings (SSSR count). The van der Waals surface area contributed by atoms with Gasteiger partial charge >= 0.3 is 0 Å². The van der Waals surface area contributed by atoms with Gasteiger partial charge in [0, 0.05) is 0 Å². The van der Waals surface area contributed by atoms with Crippen molar-refractivity contribution in [1.82, 2.24) is 5.32 Å². The van der Waals surface area contributed by atoms with Gasteiger partial charge < -0.3 is 10.4 Å². The summed E-state index contributed by atoms with van der Waals surface area (Å²) in [5, 5.41) is 13.1. The van der Waals surface area contributed by atoms with E-state index in [9.17, 15) is 9.90 Å². The predicted octanol–water partition coefficient (Wildman–Crippen LogP) is 4.05. The second-order valence-corrected chi connectivity index (χ2v) is 7.39. The van der Waals surface area contributed by atoms with Crippen molar-refractivity contribution in [3.8, 4) is 5.75 Å². The number of nitrogens with zero attached hydrogens (tertiary/aromatic N) is 1. The van der Waals surface area contributed by atoms with Crippen LogP contribution in [0.5, 0.6) is 5.75 Å². The molecule has 0 bridgehead atoms. The van der Waals surface area contributed by atoms with Crippen molar-refractivity contribution in [3.63, 3.8) is 0 Å². The summed E-state index contributed by atoms with van der Waals surface area (Å²) in [5.74, 6) is 0.0778. The Bertz CT molecular complexity index is 652. The summed E-state index contributed by atoms with van der Waals surface area (Å²) in [4.78, 5) is 17.3. The van der Waals surface area contributed by atoms with Crippen LogP contribution in [0.15, 0.2) is 32.6 Å². The van der Waals surface area contributed by atoms with Crippen LogP contribution in [0.2, 0.25) is 0 Å². The maximum absolute atomic E-state index is 12.0. The van der Waals surface area contributed by atoms with Gasteiger partial charge in [-0.15, -0.1) is 0 Å². The van der Waals surface area contributed by atoms with Crippen LogP contribution in [0.4, 0.5) is 0 Å². The van der Waals surface area contributed by atoms with E-state index in [0.29, 0.717) is 20.6 Å². The lowest BCUT2D eigenvalue weighted by Gasteiger charge is -2.17. The summed E-state index contributed by atoms with van der Waals surface area (Å²) in [7, 11) is 0. The molecule has 1 aromatic carbocycles. The van der Waals surface area contributed by atoms with Gasteiger partial charge in [0.05, 0.1) is 15.4 Å². The van der Waals surface area contributed by atoms with E-state index in [1.54, 1.807) is 18.2 Å². The molecule has 116 valence electrons. The molecule has 1 heterocycles. The maximum atomic E-state index is 12.0. The van der Waals surface area contributed by atoms with Crippen molar-refractivity contribution >= 4 is 44.8 Å². The van der Waals surface area contributed by atoms with E-state index in [2.05, 4.69) is 26.2 Å². The number of aliphatic imine (C=N–C) groups is 1. The number of phenolic OH excluding ortho intramolecular Hbond substituents is 1. The molecule has 1 aliphatic heterocycles. The molecular formula is C16H17BrN2O2S. The van der Waals surface area contributed by atoms with E-state index in [0.717, 1.165) is 18.4 Å². The molecule has 2 aliphatic rings. The highest BCUT2D eigenvalue weighted by Crippen LogP contribution is 2.30. The minimum absolute atomic E-state index is 0.108. The Balaban J connectivity index is 1.74. The molecule has 22 heavy (non-hydrogen) atoms. The fourth-order valence-electron chi connectivity index (χ4n) is 2.63. The van der Waals surface area contributed by atoms with E-state index < -0.39 is 0 Å². The van der Waals surface area contributed by atoms with E-state index in [1.165, 1.54) is 31.0 Å². The van der Waals surface area contributed by atoms with Crippen LogP contribution < -0.4 is 5.32 Å². The molecule has 4 nitrogen and oxygen atoms in total. The van der Waals surface area contributed by atoms with Crippen LogP contribution in [0.3, 0.4) is 0 Å². The first-order chi connectivity index (χ1) is 10.6. The molecule has 1 saturated heterocycles. The quantitative estimate of drug-likeness (QED) is 0.760. The minimum Gasteiger partial charge on any atom is -0.507 e. The van der Waals surface area contributed by atoms with Gasteiger partial charge in [0.1, 0.15) is 5.75 Å². The topological polar surface area (TPSA) is 61.7 Å². The van der Waals surface area contributed by atoms with Crippen molar-refractivity contribution in [3.05, 3.63) is 33.1 Å². The van der Waals surface area contributed by atoms with Gasteiger partial charge in [-0.25, -0.2) is 0 Å². The first-order valence-electron chi connectivity index (χ1n) is 7.39. The number of hydrogen-bond donors (Lipinski definition) is 2. The monoisotopic (exact) mass is 380 g/mol.